The lowest BCUT2D eigenvalue weighted by Gasteiger charge is -2.25. The highest BCUT2D eigenvalue weighted by Crippen LogP contribution is 2.32. The first-order valence-corrected chi connectivity index (χ1v) is 10.9. The summed E-state index contributed by atoms with van der Waals surface area (Å²) in [5, 5.41) is 9.46. The summed E-state index contributed by atoms with van der Waals surface area (Å²) < 4.78 is 5.88. The SMILES string of the molecule is Clc1cccc(N2CCCN(CCCOCc3ccc4cn[nH]c4c3)CC2)c1Cl. The molecule has 1 aliphatic heterocycles. The zero-order valence-corrected chi connectivity index (χ0v) is 17.9. The van der Waals surface area contributed by atoms with Crippen molar-refractivity contribution in [1.82, 2.24) is 15.1 Å². The molecule has 3 aromatic rings. The number of nitrogens with zero attached hydrogens (tertiary/aromatic N) is 3. The van der Waals surface area contributed by atoms with E-state index in [1.165, 1.54) is 5.56 Å². The monoisotopic (exact) mass is 432 g/mol. The summed E-state index contributed by atoms with van der Waals surface area (Å²) in [6.07, 6.45) is 3.99. The van der Waals surface area contributed by atoms with Crippen molar-refractivity contribution in [3.63, 3.8) is 0 Å². The van der Waals surface area contributed by atoms with Crippen LogP contribution in [-0.4, -0.2) is 54.4 Å². The predicted octanol–water partition coefficient (Wildman–Crippen LogP) is 4.99. The molecular formula is C22H26Cl2N4O. The van der Waals surface area contributed by atoms with E-state index in [0.29, 0.717) is 16.7 Å². The molecule has 4 rings (SSSR count). The molecular weight excluding hydrogens is 407 g/mol. The number of benzene rings is 2. The number of aromatic nitrogens is 2. The first-order valence-electron chi connectivity index (χ1n) is 10.1. The fraction of sp³-hybridized carbons (Fsp3) is 0.409. The summed E-state index contributed by atoms with van der Waals surface area (Å²) in [7, 11) is 0. The third-order valence-electron chi connectivity index (χ3n) is 5.40. The zero-order chi connectivity index (χ0) is 20.1. The number of ether oxygens (including phenoxy) is 1. The van der Waals surface area contributed by atoms with Gasteiger partial charge < -0.3 is 14.5 Å². The largest absolute Gasteiger partial charge is 0.377 e. The van der Waals surface area contributed by atoms with Crippen molar-refractivity contribution >= 4 is 39.8 Å². The lowest BCUT2D eigenvalue weighted by Crippen LogP contribution is -2.31. The van der Waals surface area contributed by atoms with Crippen LogP contribution in [0.2, 0.25) is 10.0 Å². The molecule has 0 spiro atoms. The molecule has 0 amide bonds. The summed E-state index contributed by atoms with van der Waals surface area (Å²) in [5.74, 6) is 0. The van der Waals surface area contributed by atoms with Crippen LogP contribution in [0.1, 0.15) is 18.4 Å². The topological polar surface area (TPSA) is 44.4 Å². The van der Waals surface area contributed by atoms with Gasteiger partial charge in [-0.1, -0.05) is 41.4 Å². The molecule has 0 aliphatic carbocycles. The van der Waals surface area contributed by atoms with Crippen LogP contribution in [0.3, 0.4) is 0 Å². The van der Waals surface area contributed by atoms with Gasteiger partial charge in [0.25, 0.3) is 0 Å². The molecule has 0 unspecified atom stereocenters. The molecule has 2 heterocycles. The first kappa shape index (κ1) is 20.5. The van der Waals surface area contributed by atoms with E-state index in [1.54, 1.807) is 0 Å². The molecule has 0 saturated carbocycles. The van der Waals surface area contributed by atoms with Crippen LogP contribution < -0.4 is 4.90 Å². The third-order valence-corrected chi connectivity index (χ3v) is 6.21. The molecule has 0 atom stereocenters. The van der Waals surface area contributed by atoms with Crippen molar-refractivity contribution in [3.05, 3.63) is 58.2 Å². The van der Waals surface area contributed by atoms with Crippen molar-refractivity contribution in [2.24, 2.45) is 0 Å². The van der Waals surface area contributed by atoms with Crippen molar-refractivity contribution in [2.45, 2.75) is 19.4 Å². The quantitative estimate of drug-likeness (QED) is 0.534. The van der Waals surface area contributed by atoms with E-state index in [2.05, 4.69) is 44.3 Å². The molecule has 1 fully saturated rings. The average molecular weight is 433 g/mol. The number of rotatable bonds is 7. The lowest BCUT2D eigenvalue weighted by molar-refractivity contribution is 0.109. The summed E-state index contributed by atoms with van der Waals surface area (Å²) in [6.45, 7) is 6.55. The Labute approximate surface area is 181 Å². The highest BCUT2D eigenvalue weighted by molar-refractivity contribution is 6.43. The van der Waals surface area contributed by atoms with Gasteiger partial charge in [0.05, 0.1) is 34.1 Å². The number of halogens is 2. The second-order valence-electron chi connectivity index (χ2n) is 7.45. The smallest absolute Gasteiger partial charge is 0.0825 e. The standard InChI is InChI=1S/C22H26Cl2N4O/c23-19-4-1-5-21(22(19)24)28-10-2-8-27(11-12-28)9-3-13-29-16-17-6-7-18-15-25-26-20(18)14-17/h1,4-7,14-15H,2-3,8-13,16H2,(H,25,26). The Kier molecular flexibility index (Phi) is 6.93. The Morgan fingerprint density at radius 1 is 1.07 bits per heavy atom. The maximum absolute atomic E-state index is 6.40. The highest BCUT2D eigenvalue weighted by atomic mass is 35.5. The van der Waals surface area contributed by atoms with Gasteiger partial charge in [-0.25, -0.2) is 0 Å². The molecule has 0 bridgehead atoms. The number of hydrogen-bond donors (Lipinski definition) is 1. The number of fused-ring (bicyclic) bond motifs is 1. The van der Waals surface area contributed by atoms with Crippen LogP contribution in [0, 0.1) is 0 Å². The van der Waals surface area contributed by atoms with Gasteiger partial charge in [-0.2, -0.15) is 5.10 Å². The minimum absolute atomic E-state index is 0.620. The first-order chi connectivity index (χ1) is 14.2. The summed E-state index contributed by atoms with van der Waals surface area (Å²) in [6, 6.07) is 12.1. The van der Waals surface area contributed by atoms with E-state index in [1.807, 2.05) is 18.3 Å². The molecule has 1 N–H and O–H groups in total. The van der Waals surface area contributed by atoms with E-state index in [0.717, 1.165) is 68.8 Å². The molecule has 0 radical (unpaired) electrons. The molecule has 7 heteroatoms. The molecule has 2 aromatic carbocycles. The fourth-order valence-corrected chi connectivity index (χ4v) is 4.24. The Bertz CT molecular complexity index is 945. The third kappa shape index (κ3) is 5.23. The van der Waals surface area contributed by atoms with Gasteiger partial charge in [-0.3, -0.25) is 5.10 Å². The second kappa shape index (κ2) is 9.81. The average Bonchev–Trinajstić information content (AvgIpc) is 3.07. The van der Waals surface area contributed by atoms with E-state index < -0.39 is 0 Å². The maximum Gasteiger partial charge on any atom is 0.0825 e. The maximum atomic E-state index is 6.40. The number of aromatic amines is 1. The van der Waals surface area contributed by atoms with E-state index in [9.17, 15) is 0 Å². The molecule has 1 aromatic heterocycles. The van der Waals surface area contributed by atoms with Gasteiger partial charge in [0.15, 0.2) is 0 Å². The molecule has 1 aliphatic rings. The zero-order valence-electron chi connectivity index (χ0n) is 16.4. The van der Waals surface area contributed by atoms with Crippen LogP contribution in [0.4, 0.5) is 5.69 Å². The van der Waals surface area contributed by atoms with Gasteiger partial charge in [0.2, 0.25) is 0 Å². The van der Waals surface area contributed by atoms with E-state index in [-0.39, 0.29) is 0 Å². The second-order valence-corrected chi connectivity index (χ2v) is 8.24. The normalized spacial score (nSPS) is 15.7. The fourth-order valence-electron chi connectivity index (χ4n) is 3.83. The predicted molar refractivity (Wildman–Crippen MR) is 120 cm³/mol. The molecule has 154 valence electrons. The Morgan fingerprint density at radius 2 is 2.00 bits per heavy atom. The van der Waals surface area contributed by atoms with E-state index in [4.69, 9.17) is 27.9 Å². The van der Waals surface area contributed by atoms with Gasteiger partial charge in [0, 0.05) is 38.2 Å². The lowest BCUT2D eigenvalue weighted by atomic mass is 10.2. The molecule has 1 saturated heterocycles. The number of hydrogen-bond acceptors (Lipinski definition) is 4. The number of H-pyrrole nitrogens is 1. The van der Waals surface area contributed by atoms with Gasteiger partial charge in [0.1, 0.15) is 0 Å². The van der Waals surface area contributed by atoms with Crippen molar-refractivity contribution in [1.29, 1.82) is 0 Å². The van der Waals surface area contributed by atoms with Gasteiger partial charge in [-0.05, 0) is 43.1 Å². The number of nitrogens with one attached hydrogen (secondary N) is 1. The van der Waals surface area contributed by atoms with Crippen LogP contribution in [0.25, 0.3) is 10.9 Å². The van der Waals surface area contributed by atoms with E-state index >= 15 is 0 Å². The summed E-state index contributed by atoms with van der Waals surface area (Å²) in [4.78, 5) is 4.86. The van der Waals surface area contributed by atoms with Crippen LogP contribution in [-0.2, 0) is 11.3 Å². The van der Waals surface area contributed by atoms with Crippen molar-refractivity contribution in [3.8, 4) is 0 Å². The Hall–Kier alpha value is -1.79. The Morgan fingerprint density at radius 3 is 2.93 bits per heavy atom. The molecule has 29 heavy (non-hydrogen) atoms. The van der Waals surface area contributed by atoms with Gasteiger partial charge >= 0.3 is 0 Å². The van der Waals surface area contributed by atoms with Gasteiger partial charge in [-0.15, -0.1) is 0 Å². The van der Waals surface area contributed by atoms with Crippen LogP contribution in [0.5, 0.6) is 0 Å². The van der Waals surface area contributed by atoms with Crippen LogP contribution >= 0.6 is 23.2 Å². The van der Waals surface area contributed by atoms with Crippen molar-refractivity contribution in [2.75, 3.05) is 44.2 Å². The molecule has 5 nitrogen and oxygen atoms in total. The number of anilines is 1. The van der Waals surface area contributed by atoms with Crippen molar-refractivity contribution < 1.29 is 4.74 Å². The Balaban J connectivity index is 1.19. The summed E-state index contributed by atoms with van der Waals surface area (Å²) >= 11 is 12.6. The van der Waals surface area contributed by atoms with Crippen LogP contribution in [0.15, 0.2) is 42.6 Å². The minimum Gasteiger partial charge on any atom is -0.377 e. The summed E-state index contributed by atoms with van der Waals surface area (Å²) in [5.41, 5.74) is 3.27. The minimum atomic E-state index is 0.620. The highest BCUT2D eigenvalue weighted by Gasteiger charge is 2.17.